The second-order valence-corrected chi connectivity index (χ2v) is 3.60. The van der Waals surface area contributed by atoms with Crippen molar-refractivity contribution >= 4 is 5.78 Å². The monoisotopic (exact) mass is 154 g/mol. The van der Waals surface area contributed by atoms with Crippen molar-refractivity contribution in [3.8, 4) is 0 Å². The fourth-order valence-electron chi connectivity index (χ4n) is 1.80. The molecule has 0 spiro atoms. The lowest BCUT2D eigenvalue weighted by Crippen LogP contribution is -2.08. The van der Waals surface area contributed by atoms with Gasteiger partial charge in [0.1, 0.15) is 5.78 Å². The van der Waals surface area contributed by atoms with Gasteiger partial charge >= 0.3 is 0 Å². The Kier molecular flexibility index (Phi) is 3.61. The minimum absolute atomic E-state index is 0.489. The summed E-state index contributed by atoms with van der Waals surface area (Å²) in [5, 5.41) is 0. The quantitative estimate of drug-likeness (QED) is 0.567. The zero-order chi connectivity index (χ0) is 8.10. The number of hydrogen-bond donors (Lipinski definition) is 0. The van der Waals surface area contributed by atoms with Crippen LogP contribution in [0.15, 0.2) is 0 Å². The molecule has 1 unspecified atom stereocenters. The maximum absolute atomic E-state index is 11.1. The summed E-state index contributed by atoms with van der Waals surface area (Å²) in [6.07, 6.45) is 7.85. The van der Waals surface area contributed by atoms with Gasteiger partial charge in [0.25, 0.3) is 0 Å². The average molecular weight is 154 g/mol. The topological polar surface area (TPSA) is 17.1 Å². The van der Waals surface area contributed by atoms with Crippen molar-refractivity contribution in [3.05, 3.63) is 0 Å². The van der Waals surface area contributed by atoms with Gasteiger partial charge < -0.3 is 0 Å². The Hall–Kier alpha value is -0.330. The van der Waals surface area contributed by atoms with Crippen LogP contribution < -0.4 is 0 Å². The normalized spacial score (nSPS) is 27.7. The molecule has 0 aromatic carbocycles. The molecule has 0 aromatic heterocycles. The molecule has 11 heavy (non-hydrogen) atoms. The zero-order valence-electron chi connectivity index (χ0n) is 7.44. The molecule has 0 saturated heterocycles. The Labute approximate surface area is 69.2 Å². The van der Waals surface area contributed by atoms with Crippen LogP contribution >= 0.6 is 0 Å². The predicted molar refractivity (Wildman–Crippen MR) is 46.5 cm³/mol. The minimum Gasteiger partial charge on any atom is -0.300 e. The highest BCUT2D eigenvalue weighted by Crippen LogP contribution is 2.22. The largest absolute Gasteiger partial charge is 0.300 e. The lowest BCUT2D eigenvalue weighted by atomic mass is 9.89. The molecule has 0 aliphatic heterocycles. The maximum Gasteiger partial charge on any atom is 0.132 e. The Morgan fingerprint density at radius 2 is 2.09 bits per heavy atom. The second kappa shape index (κ2) is 4.53. The summed E-state index contributed by atoms with van der Waals surface area (Å²) < 4.78 is 0. The number of rotatable bonds is 1. The molecule has 1 fully saturated rings. The van der Waals surface area contributed by atoms with Crippen LogP contribution in [0, 0.1) is 5.92 Å². The van der Waals surface area contributed by atoms with Crippen molar-refractivity contribution < 1.29 is 4.79 Å². The summed E-state index contributed by atoms with van der Waals surface area (Å²) in [5.41, 5.74) is 0. The molecule has 1 aliphatic rings. The highest BCUT2D eigenvalue weighted by atomic mass is 16.1. The van der Waals surface area contributed by atoms with Crippen LogP contribution in [-0.4, -0.2) is 5.78 Å². The molecule has 0 N–H and O–H groups in total. The molecular formula is C10H18O. The third-order valence-electron chi connectivity index (χ3n) is 2.73. The molecule has 0 radical (unpaired) electrons. The third kappa shape index (κ3) is 3.04. The van der Waals surface area contributed by atoms with Gasteiger partial charge in [0.15, 0.2) is 0 Å². The fourth-order valence-corrected chi connectivity index (χ4v) is 1.80. The molecule has 1 aliphatic carbocycles. The highest BCUT2D eigenvalue weighted by Gasteiger charge is 2.12. The molecular weight excluding hydrogens is 136 g/mol. The van der Waals surface area contributed by atoms with E-state index in [0.29, 0.717) is 5.78 Å². The van der Waals surface area contributed by atoms with Crippen LogP contribution in [0.25, 0.3) is 0 Å². The van der Waals surface area contributed by atoms with Crippen molar-refractivity contribution in [1.29, 1.82) is 0 Å². The highest BCUT2D eigenvalue weighted by molar-refractivity contribution is 5.78. The van der Waals surface area contributed by atoms with Crippen molar-refractivity contribution in [3.63, 3.8) is 0 Å². The number of carbonyl (C=O) groups is 1. The summed E-state index contributed by atoms with van der Waals surface area (Å²) in [6, 6.07) is 0. The number of ketones is 1. The smallest absolute Gasteiger partial charge is 0.132 e. The maximum atomic E-state index is 11.1. The van der Waals surface area contributed by atoms with Crippen LogP contribution in [0.3, 0.4) is 0 Å². The lowest BCUT2D eigenvalue weighted by Gasteiger charge is -2.16. The first-order chi connectivity index (χ1) is 5.33. The Balaban J connectivity index is 2.31. The Morgan fingerprint density at radius 1 is 1.27 bits per heavy atom. The summed E-state index contributed by atoms with van der Waals surface area (Å²) in [4.78, 5) is 11.1. The fraction of sp³-hybridized carbons (Fsp3) is 0.900. The molecule has 1 atom stereocenters. The number of Topliss-reactive ketones (excluding diaryl/α,β-unsaturated/α-hetero) is 1. The summed E-state index contributed by atoms with van der Waals surface area (Å²) in [5.74, 6) is 1.32. The van der Waals surface area contributed by atoms with Crippen molar-refractivity contribution in [2.24, 2.45) is 5.92 Å². The molecule has 64 valence electrons. The van der Waals surface area contributed by atoms with E-state index in [9.17, 15) is 4.79 Å². The van der Waals surface area contributed by atoms with Gasteiger partial charge in [-0.1, -0.05) is 26.2 Å². The molecule has 0 aromatic rings. The van der Waals surface area contributed by atoms with Crippen molar-refractivity contribution in [2.75, 3.05) is 0 Å². The molecule has 0 amide bonds. The Bertz CT molecular complexity index is 129. The van der Waals surface area contributed by atoms with E-state index >= 15 is 0 Å². The first-order valence-electron chi connectivity index (χ1n) is 4.84. The number of carbonyl (C=O) groups excluding carboxylic acids is 1. The van der Waals surface area contributed by atoms with E-state index < -0.39 is 0 Å². The SMILES string of the molecule is CCC1CCCCC(=O)CC1. The van der Waals surface area contributed by atoms with Gasteiger partial charge in [-0.2, -0.15) is 0 Å². The summed E-state index contributed by atoms with van der Waals surface area (Å²) >= 11 is 0. The van der Waals surface area contributed by atoms with Gasteiger partial charge in [0.2, 0.25) is 0 Å². The van der Waals surface area contributed by atoms with E-state index in [4.69, 9.17) is 0 Å². The molecule has 1 nitrogen and oxygen atoms in total. The van der Waals surface area contributed by atoms with Crippen LogP contribution in [0.5, 0.6) is 0 Å². The van der Waals surface area contributed by atoms with Crippen LogP contribution in [0.1, 0.15) is 51.9 Å². The molecule has 0 bridgehead atoms. The standard InChI is InChI=1S/C10H18O/c1-2-9-5-3-4-6-10(11)8-7-9/h9H,2-8H2,1H3. The average Bonchev–Trinajstić information content (AvgIpc) is 1.98. The second-order valence-electron chi connectivity index (χ2n) is 3.60. The van der Waals surface area contributed by atoms with Gasteiger partial charge in [-0.05, 0) is 18.8 Å². The van der Waals surface area contributed by atoms with Crippen molar-refractivity contribution in [2.45, 2.75) is 51.9 Å². The van der Waals surface area contributed by atoms with Gasteiger partial charge in [0.05, 0.1) is 0 Å². The molecule has 0 heterocycles. The Morgan fingerprint density at radius 3 is 2.82 bits per heavy atom. The molecule has 1 heteroatoms. The lowest BCUT2D eigenvalue weighted by molar-refractivity contribution is -0.119. The summed E-state index contributed by atoms with van der Waals surface area (Å²) in [6.45, 7) is 2.23. The van der Waals surface area contributed by atoms with E-state index in [-0.39, 0.29) is 0 Å². The first kappa shape index (κ1) is 8.76. The summed E-state index contributed by atoms with van der Waals surface area (Å²) in [7, 11) is 0. The van der Waals surface area contributed by atoms with Gasteiger partial charge in [-0.3, -0.25) is 4.79 Å². The minimum atomic E-state index is 0.489. The van der Waals surface area contributed by atoms with E-state index in [1.165, 1.54) is 19.3 Å². The van der Waals surface area contributed by atoms with E-state index in [2.05, 4.69) is 6.92 Å². The van der Waals surface area contributed by atoms with E-state index in [1.807, 2.05) is 0 Å². The van der Waals surface area contributed by atoms with E-state index in [1.54, 1.807) is 0 Å². The van der Waals surface area contributed by atoms with Gasteiger partial charge in [-0.25, -0.2) is 0 Å². The van der Waals surface area contributed by atoms with Gasteiger partial charge in [0, 0.05) is 12.8 Å². The third-order valence-corrected chi connectivity index (χ3v) is 2.73. The van der Waals surface area contributed by atoms with Gasteiger partial charge in [-0.15, -0.1) is 0 Å². The predicted octanol–water partition coefficient (Wildman–Crippen LogP) is 2.94. The van der Waals surface area contributed by atoms with Crippen LogP contribution in [-0.2, 0) is 4.79 Å². The van der Waals surface area contributed by atoms with Crippen LogP contribution in [0.4, 0.5) is 0 Å². The molecule has 1 rings (SSSR count). The van der Waals surface area contributed by atoms with E-state index in [0.717, 1.165) is 31.6 Å². The first-order valence-corrected chi connectivity index (χ1v) is 4.84. The zero-order valence-corrected chi connectivity index (χ0v) is 7.44. The number of hydrogen-bond acceptors (Lipinski definition) is 1. The van der Waals surface area contributed by atoms with Crippen LogP contribution in [0.2, 0.25) is 0 Å². The molecule has 1 saturated carbocycles. The van der Waals surface area contributed by atoms with Crippen molar-refractivity contribution in [1.82, 2.24) is 0 Å².